The van der Waals surface area contributed by atoms with Crippen molar-refractivity contribution in [3.8, 4) is 0 Å². The largest absolute Gasteiger partial charge is 0.381 e. The third kappa shape index (κ3) is 3.21. The van der Waals surface area contributed by atoms with E-state index >= 15 is 0 Å². The van der Waals surface area contributed by atoms with Crippen LogP contribution in [0.3, 0.4) is 0 Å². The number of rotatable bonds is 5. The van der Waals surface area contributed by atoms with Crippen molar-refractivity contribution < 1.29 is 0 Å². The summed E-state index contributed by atoms with van der Waals surface area (Å²) in [5, 5.41) is 3.62. The molecule has 0 aliphatic carbocycles. The van der Waals surface area contributed by atoms with Crippen molar-refractivity contribution in [1.82, 2.24) is 0 Å². The van der Waals surface area contributed by atoms with E-state index in [-0.39, 0.29) is 0 Å². The summed E-state index contributed by atoms with van der Waals surface area (Å²) in [6.45, 7) is 5.49. The van der Waals surface area contributed by atoms with Crippen LogP contribution in [0.5, 0.6) is 0 Å². The van der Waals surface area contributed by atoms with Gasteiger partial charge in [0.1, 0.15) is 0 Å². The average Bonchev–Trinajstić information content (AvgIpc) is 3.08. The molecule has 2 aromatic rings. The van der Waals surface area contributed by atoms with Crippen LogP contribution in [0, 0.1) is 0 Å². The van der Waals surface area contributed by atoms with E-state index in [2.05, 4.69) is 65.7 Å². The van der Waals surface area contributed by atoms with E-state index in [1.807, 2.05) is 0 Å². The first-order valence-electron chi connectivity index (χ1n) is 8.03. The number of nitrogens with one attached hydrogen (secondary N) is 1. The van der Waals surface area contributed by atoms with Gasteiger partial charge in [-0.1, -0.05) is 43.3 Å². The highest BCUT2D eigenvalue weighted by Crippen LogP contribution is 2.25. The van der Waals surface area contributed by atoms with Gasteiger partial charge in [0.2, 0.25) is 0 Å². The molecule has 3 rings (SSSR count). The van der Waals surface area contributed by atoms with Crippen LogP contribution in [0.15, 0.2) is 48.5 Å². The van der Waals surface area contributed by atoms with E-state index in [0.29, 0.717) is 0 Å². The van der Waals surface area contributed by atoms with Gasteiger partial charge in [0, 0.05) is 31.0 Å². The van der Waals surface area contributed by atoms with Crippen molar-refractivity contribution in [1.29, 1.82) is 0 Å². The third-order valence-corrected chi connectivity index (χ3v) is 4.31. The van der Waals surface area contributed by atoms with Crippen LogP contribution >= 0.6 is 0 Å². The summed E-state index contributed by atoms with van der Waals surface area (Å²) in [5.74, 6) is 0. The molecule has 1 saturated heterocycles. The molecule has 1 N–H and O–H groups in total. The molecule has 0 amide bonds. The van der Waals surface area contributed by atoms with Crippen molar-refractivity contribution >= 4 is 11.4 Å². The Kier molecular flexibility index (Phi) is 4.44. The Labute approximate surface area is 127 Å². The van der Waals surface area contributed by atoms with E-state index in [1.54, 1.807) is 0 Å². The number of benzene rings is 2. The number of hydrogen-bond acceptors (Lipinski definition) is 2. The number of para-hydroxylation sites is 2. The Balaban J connectivity index is 1.76. The fourth-order valence-electron chi connectivity index (χ4n) is 3.12. The maximum atomic E-state index is 3.62. The third-order valence-electron chi connectivity index (χ3n) is 4.31. The topological polar surface area (TPSA) is 15.3 Å². The Morgan fingerprint density at radius 1 is 0.905 bits per heavy atom. The molecule has 0 aromatic heterocycles. The second-order valence-corrected chi connectivity index (χ2v) is 5.69. The lowest BCUT2D eigenvalue weighted by Gasteiger charge is -2.22. The molecule has 0 radical (unpaired) electrons. The first-order valence-corrected chi connectivity index (χ1v) is 8.03. The molecule has 0 saturated carbocycles. The van der Waals surface area contributed by atoms with Crippen molar-refractivity contribution in [2.45, 2.75) is 32.7 Å². The minimum Gasteiger partial charge on any atom is -0.381 e. The molecule has 0 bridgehead atoms. The molecule has 2 nitrogen and oxygen atoms in total. The normalized spacial score (nSPS) is 14.4. The number of aryl methyl sites for hydroxylation is 1. The molecule has 2 aromatic carbocycles. The zero-order valence-corrected chi connectivity index (χ0v) is 12.8. The van der Waals surface area contributed by atoms with E-state index in [4.69, 9.17) is 0 Å². The molecule has 1 aliphatic rings. The Bertz CT molecular complexity index is 586. The maximum Gasteiger partial charge on any atom is 0.0421 e. The van der Waals surface area contributed by atoms with Crippen LogP contribution in [-0.4, -0.2) is 13.1 Å². The lowest BCUT2D eigenvalue weighted by Crippen LogP contribution is -2.20. The maximum absolute atomic E-state index is 3.62. The summed E-state index contributed by atoms with van der Waals surface area (Å²) in [6.07, 6.45) is 3.71. The van der Waals surface area contributed by atoms with Gasteiger partial charge in [-0.3, -0.25) is 0 Å². The van der Waals surface area contributed by atoms with E-state index < -0.39 is 0 Å². The van der Waals surface area contributed by atoms with Crippen LogP contribution in [0.25, 0.3) is 0 Å². The van der Waals surface area contributed by atoms with E-state index in [0.717, 1.165) is 13.0 Å². The van der Waals surface area contributed by atoms with Gasteiger partial charge in [-0.25, -0.2) is 0 Å². The molecular weight excluding hydrogens is 256 g/mol. The van der Waals surface area contributed by atoms with Gasteiger partial charge in [-0.2, -0.15) is 0 Å². The molecular formula is C19H24N2. The highest BCUT2D eigenvalue weighted by atomic mass is 15.1. The summed E-state index contributed by atoms with van der Waals surface area (Å²) >= 11 is 0. The van der Waals surface area contributed by atoms with Gasteiger partial charge >= 0.3 is 0 Å². The van der Waals surface area contributed by atoms with Gasteiger partial charge in [0.25, 0.3) is 0 Å². The Hall–Kier alpha value is -1.96. The Morgan fingerprint density at radius 2 is 1.57 bits per heavy atom. The number of nitrogens with zero attached hydrogens (tertiary/aromatic N) is 1. The van der Waals surface area contributed by atoms with Gasteiger partial charge in [0.15, 0.2) is 0 Å². The Morgan fingerprint density at radius 3 is 2.33 bits per heavy atom. The second kappa shape index (κ2) is 6.66. The summed E-state index contributed by atoms with van der Waals surface area (Å²) in [7, 11) is 0. The van der Waals surface area contributed by atoms with Crippen molar-refractivity contribution in [3.05, 3.63) is 59.7 Å². The van der Waals surface area contributed by atoms with Crippen LogP contribution < -0.4 is 10.2 Å². The SMILES string of the molecule is CCc1ccccc1NCc1ccccc1N1CCCC1. The van der Waals surface area contributed by atoms with Crippen LogP contribution in [0.1, 0.15) is 30.9 Å². The summed E-state index contributed by atoms with van der Waals surface area (Å²) in [5.41, 5.74) is 5.44. The highest BCUT2D eigenvalue weighted by Gasteiger charge is 2.15. The van der Waals surface area contributed by atoms with Gasteiger partial charge < -0.3 is 10.2 Å². The predicted octanol–water partition coefficient (Wildman–Crippen LogP) is 4.46. The predicted molar refractivity (Wildman–Crippen MR) is 91.0 cm³/mol. The number of anilines is 2. The molecule has 1 heterocycles. The number of hydrogen-bond donors (Lipinski definition) is 1. The minimum atomic E-state index is 0.893. The fraction of sp³-hybridized carbons (Fsp3) is 0.368. The molecule has 1 fully saturated rings. The second-order valence-electron chi connectivity index (χ2n) is 5.69. The first-order chi connectivity index (χ1) is 10.4. The van der Waals surface area contributed by atoms with Gasteiger partial charge in [-0.15, -0.1) is 0 Å². The smallest absolute Gasteiger partial charge is 0.0421 e. The lowest BCUT2D eigenvalue weighted by atomic mass is 10.1. The summed E-state index contributed by atoms with van der Waals surface area (Å²) in [6, 6.07) is 17.4. The fourth-order valence-corrected chi connectivity index (χ4v) is 3.12. The molecule has 0 atom stereocenters. The quantitative estimate of drug-likeness (QED) is 0.869. The molecule has 110 valence electrons. The molecule has 0 spiro atoms. The monoisotopic (exact) mass is 280 g/mol. The molecule has 21 heavy (non-hydrogen) atoms. The summed E-state index contributed by atoms with van der Waals surface area (Å²) in [4.78, 5) is 2.52. The minimum absolute atomic E-state index is 0.893. The van der Waals surface area contributed by atoms with Gasteiger partial charge in [-0.05, 0) is 42.5 Å². The zero-order valence-electron chi connectivity index (χ0n) is 12.8. The van der Waals surface area contributed by atoms with Gasteiger partial charge in [0.05, 0.1) is 0 Å². The first kappa shape index (κ1) is 14.0. The van der Waals surface area contributed by atoms with Crippen molar-refractivity contribution in [2.24, 2.45) is 0 Å². The van der Waals surface area contributed by atoms with Crippen LogP contribution in [0.4, 0.5) is 11.4 Å². The van der Waals surface area contributed by atoms with Crippen LogP contribution in [-0.2, 0) is 13.0 Å². The molecule has 0 unspecified atom stereocenters. The average molecular weight is 280 g/mol. The van der Waals surface area contributed by atoms with E-state index in [1.165, 1.54) is 48.4 Å². The lowest BCUT2D eigenvalue weighted by molar-refractivity contribution is 0.949. The van der Waals surface area contributed by atoms with Crippen LogP contribution in [0.2, 0.25) is 0 Å². The molecule has 1 aliphatic heterocycles. The van der Waals surface area contributed by atoms with Crippen molar-refractivity contribution in [2.75, 3.05) is 23.3 Å². The van der Waals surface area contributed by atoms with E-state index in [9.17, 15) is 0 Å². The zero-order chi connectivity index (χ0) is 14.5. The molecule has 2 heteroatoms. The summed E-state index contributed by atoms with van der Waals surface area (Å²) < 4.78 is 0. The van der Waals surface area contributed by atoms with Crippen molar-refractivity contribution in [3.63, 3.8) is 0 Å². The highest BCUT2D eigenvalue weighted by molar-refractivity contribution is 5.57. The standard InChI is InChI=1S/C19H24N2/c1-2-16-9-3-5-11-18(16)20-15-17-10-4-6-12-19(17)21-13-7-8-14-21/h3-6,9-12,20H,2,7-8,13-15H2,1H3.